The van der Waals surface area contributed by atoms with Gasteiger partial charge in [-0.2, -0.15) is 0 Å². The Morgan fingerprint density at radius 3 is 1.96 bits per heavy atom. The van der Waals surface area contributed by atoms with Gasteiger partial charge >= 0.3 is 5.97 Å². The average molecular weight is 366 g/mol. The van der Waals surface area contributed by atoms with E-state index in [1.165, 1.54) is 0 Å². The lowest BCUT2D eigenvalue weighted by Crippen LogP contribution is -2.44. The molecule has 0 aliphatic heterocycles. The number of rotatable bonds is 10. The Bertz CT molecular complexity index is 567. The minimum Gasteiger partial charge on any atom is -0.487 e. The number of nitrogens with one attached hydrogen (secondary N) is 1. The molecule has 1 aromatic rings. The lowest BCUT2D eigenvalue weighted by molar-refractivity contribution is -0.150. The molecular weight excluding hydrogens is 330 g/mol. The first-order chi connectivity index (χ1) is 12.1. The third-order valence-corrected chi connectivity index (χ3v) is 3.34. The van der Waals surface area contributed by atoms with E-state index in [0.717, 1.165) is 11.3 Å². The predicted octanol–water partition coefficient (Wildman–Crippen LogP) is 4.12. The van der Waals surface area contributed by atoms with E-state index in [1.807, 2.05) is 73.6 Å². The van der Waals surface area contributed by atoms with Gasteiger partial charge in [-0.3, -0.25) is 4.79 Å². The van der Waals surface area contributed by atoms with E-state index in [4.69, 9.17) is 14.2 Å². The number of benzene rings is 1. The second-order valence-corrected chi connectivity index (χ2v) is 7.68. The number of hydrogen-bond acceptors (Lipinski definition) is 5. The van der Waals surface area contributed by atoms with Crippen molar-refractivity contribution in [3.8, 4) is 11.5 Å². The Kier molecular flexibility index (Phi) is 8.93. The largest absolute Gasteiger partial charge is 0.487 e. The Morgan fingerprint density at radius 1 is 0.885 bits per heavy atom. The highest BCUT2D eigenvalue weighted by Gasteiger charge is 2.23. The molecule has 0 saturated heterocycles. The fraction of sp³-hybridized carbons (Fsp3) is 0.667. The third kappa shape index (κ3) is 8.09. The predicted molar refractivity (Wildman–Crippen MR) is 105 cm³/mol. The number of ether oxygens (including phenoxy) is 3. The van der Waals surface area contributed by atoms with Crippen LogP contribution in [0.25, 0.3) is 0 Å². The molecule has 0 radical (unpaired) electrons. The fourth-order valence-electron chi connectivity index (χ4n) is 2.54. The molecule has 0 unspecified atom stereocenters. The van der Waals surface area contributed by atoms with Crippen molar-refractivity contribution in [2.45, 2.75) is 92.2 Å². The van der Waals surface area contributed by atoms with Gasteiger partial charge in [0, 0.05) is 6.04 Å². The Morgan fingerprint density at radius 2 is 1.46 bits per heavy atom. The first kappa shape index (κ1) is 22.3. The Labute approximate surface area is 158 Å². The summed E-state index contributed by atoms with van der Waals surface area (Å²) in [5, 5.41) is 3.29. The molecule has 1 rings (SSSR count). The van der Waals surface area contributed by atoms with E-state index in [-0.39, 0.29) is 30.3 Å². The summed E-state index contributed by atoms with van der Waals surface area (Å²) in [6.45, 7) is 15.7. The maximum absolute atomic E-state index is 12.4. The average Bonchev–Trinajstić information content (AvgIpc) is 2.47. The van der Waals surface area contributed by atoms with Crippen LogP contribution >= 0.6 is 0 Å². The summed E-state index contributed by atoms with van der Waals surface area (Å²) in [6, 6.07) is 5.61. The molecule has 148 valence electrons. The van der Waals surface area contributed by atoms with Gasteiger partial charge in [0.1, 0.15) is 6.04 Å². The number of esters is 1. The SMILES string of the molecule is CC(C)N[C@@H](Cc1ccc(OC(C)C)c(OC(C)C)c1)C(=O)OC(C)C. The number of carbonyl (C=O) groups is 1. The topological polar surface area (TPSA) is 56.8 Å². The lowest BCUT2D eigenvalue weighted by atomic mass is 10.0. The zero-order valence-electron chi connectivity index (χ0n) is 17.5. The Hall–Kier alpha value is -1.75. The van der Waals surface area contributed by atoms with Crippen molar-refractivity contribution in [3.05, 3.63) is 23.8 Å². The summed E-state index contributed by atoms with van der Waals surface area (Å²) in [6.07, 6.45) is 0.489. The standard InChI is InChI=1S/C21H35NO4/c1-13(2)22-18(21(23)26-16(7)8)11-17-9-10-19(24-14(3)4)20(12-17)25-15(5)6/h9-10,12-16,18,22H,11H2,1-8H3/t18-/m0/s1. The second kappa shape index (κ2) is 10.4. The minimum absolute atomic E-state index is 0.0373. The van der Waals surface area contributed by atoms with Gasteiger partial charge < -0.3 is 19.5 Å². The van der Waals surface area contributed by atoms with Crippen molar-refractivity contribution in [3.63, 3.8) is 0 Å². The van der Waals surface area contributed by atoms with E-state index in [0.29, 0.717) is 12.2 Å². The van der Waals surface area contributed by atoms with Gasteiger partial charge in [-0.1, -0.05) is 19.9 Å². The molecule has 0 aliphatic carbocycles. The van der Waals surface area contributed by atoms with Crippen LogP contribution in [0.2, 0.25) is 0 Å². The van der Waals surface area contributed by atoms with Crippen LogP contribution in [0, 0.1) is 0 Å². The molecule has 0 fully saturated rings. The van der Waals surface area contributed by atoms with Crippen LogP contribution in [0.5, 0.6) is 11.5 Å². The van der Waals surface area contributed by atoms with Crippen molar-refractivity contribution in [2.24, 2.45) is 0 Å². The first-order valence-corrected chi connectivity index (χ1v) is 9.51. The summed E-state index contributed by atoms with van der Waals surface area (Å²) in [5.41, 5.74) is 0.996. The normalized spacial score (nSPS) is 12.8. The van der Waals surface area contributed by atoms with Crippen LogP contribution in [0.4, 0.5) is 0 Å². The van der Waals surface area contributed by atoms with Crippen molar-refractivity contribution in [2.75, 3.05) is 0 Å². The summed E-state index contributed by atoms with van der Waals surface area (Å²) in [7, 11) is 0. The van der Waals surface area contributed by atoms with Gasteiger partial charge in [0.15, 0.2) is 11.5 Å². The highest BCUT2D eigenvalue weighted by molar-refractivity contribution is 5.76. The van der Waals surface area contributed by atoms with E-state index in [1.54, 1.807) is 0 Å². The summed E-state index contributed by atoms with van der Waals surface area (Å²) >= 11 is 0. The van der Waals surface area contributed by atoms with Crippen molar-refractivity contribution in [1.29, 1.82) is 0 Å². The molecule has 1 N–H and O–H groups in total. The Balaban J connectivity index is 3.04. The van der Waals surface area contributed by atoms with Crippen molar-refractivity contribution in [1.82, 2.24) is 5.32 Å². The van der Waals surface area contributed by atoms with Crippen LogP contribution < -0.4 is 14.8 Å². The van der Waals surface area contributed by atoms with Gasteiger partial charge in [0.2, 0.25) is 0 Å². The summed E-state index contributed by atoms with van der Waals surface area (Å²) in [5.74, 6) is 1.19. The van der Waals surface area contributed by atoms with Gasteiger partial charge in [0.25, 0.3) is 0 Å². The van der Waals surface area contributed by atoms with Crippen LogP contribution in [-0.2, 0) is 16.0 Å². The van der Waals surface area contributed by atoms with E-state index >= 15 is 0 Å². The van der Waals surface area contributed by atoms with Gasteiger partial charge in [-0.25, -0.2) is 0 Å². The number of hydrogen-bond donors (Lipinski definition) is 1. The van der Waals surface area contributed by atoms with Crippen molar-refractivity contribution < 1.29 is 19.0 Å². The van der Waals surface area contributed by atoms with E-state index in [2.05, 4.69) is 5.32 Å². The molecule has 0 amide bonds. The quantitative estimate of drug-likeness (QED) is 0.632. The maximum atomic E-state index is 12.4. The van der Waals surface area contributed by atoms with Gasteiger partial charge in [-0.15, -0.1) is 0 Å². The highest BCUT2D eigenvalue weighted by atomic mass is 16.5. The monoisotopic (exact) mass is 365 g/mol. The van der Waals surface area contributed by atoms with Crippen molar-refractivity contribution >= 4 is 5.97 Å². The minimum atomic E-state index is -0.402. The zero-order chi connectivity index (χ0) is 19.9. The molecule has 0 saturated carbocycles. The molecule has 1 atom stereocenters. The van der Waals surface area contributed by atoms with Crippen LogP contribution in [0.15, 0.2) is 18.2 Å². The maximum Gasteiger partial charge on any atom is 0.323 e. The molecule has 5 nitrogen and oxygen atoms in total. The fourth-order valence-corrected chi connectivity index (χ4v) is 2.54. The molecule has 5 heteroatoms. The lowest BCUT2D eigenvalue weighted by Gasteiger charge is -2.22. The van der Waals surface area contributed by atoms with Crippen LogP contribution in [0.3, 0.4) is 0 Å². The molecule has 0 bridgehead atoms. The van der Waals surface area contributed by atoms with Gasteiger partial charge in [-0.05, 0) is 65.7 Å². The van der Waals surface area contributed by atoms with Crippen LogP contribution in [0.1, 0.15) is 61.0 Å². The molecule has 0 aliphatic rings. The van der Waals surface area contributed by atoms with Crippen LogP contribution in [-0.4, -0.2) is 36.4 Å². The van der Waals surface area contributed by atoms with E-state index < -0.39 is 6.04 Å². The molecule has 1 aromatic carbocycles. The van der Waals surface area contributed by atoms with Gasteiger partial charge in [0.05, 0.1) is 18.3 Å². The molecule has 26 heavy (non-hydrogen) atoms. The van der Waals surface area contributed by atoms with E-state index in [9.17, 15) is 4.79 Å². The molecule has 0 aromatic heterocycles. The molecule has 0 heterocycles. The smallest absolute Gasteiger partial charge is 0.323 e. The first-order valence-electron chi connectivity index (χ1n) is 9.51. The second-order valence-electron chi connectivity index (χ2n) is 7.68. The summed E-state index contributed by atoms with van der Waals surface area (Å²) in [4.78, 5) is 12.4. The third-order valence-electron chi connectivity index (χ3n) is 3.34. The zero-order valence-corrected chi connectivity index (χ0v) is 17.5. The summed E-state index contributed by atoms with van der Waals surface area (Å²) < 4.78 is 17.2. The number of carbonyl (C=O) groups excluding carboxylic acids is 1. The molecule has 0 spiro atoms. The highest BCUT2D eigenvalue weighted by Crippen LogP contribution is 2.30. The molecular formula is C21H35NO4.